The second-order valence-corrected chi connectivity index (χ2v) is 5.78. The van der Waals surface area contributed by atoms with Crippen LogP contribution in [0, 0.1) is 0 Å². The number of piperazine rings is 1. The molecule has 96 valence electrons. The summed E-state index contributed by atoms with van der Waals surface area (Å²) in [6.07, 6.45) is 0. The Hall–Kier alpha value is -1.10. The van der Waals surface area contributed by atoms with E-state index in [1.54, 1.807) is 0 Å². The van der Waals surface area contributed by atoms with E-state index in [0.29, 0.717) is 6.04 Å². The van der Waals surface area contributed by atoms with Gasteiger partial charge >= 0.3 is 0 Å². The average Bonchev–Trinajstić information content (AvgIpc) is 2.81. The molecule has 1 aliphatic heterocycles. The number of anilines is 1. The Kier molecular flexibility index (Phi) is 3.50. The fourth-order valence-electron chi connectivity index (χ4n) is 2.43. The third kappa shape index (κ3) is 2.36. The van der Waals surface area contributed by atoms with Gasteiger partial charge in [0.15, 0.2) is 0 Å². The zero-order chi connectivity index (χ0) is 12.4. The van der Waals surface area contributed by atoms with Crippen LogP contribution in [0.2, 0.25) is 0 Å². The third-order valence-electron chi connectivity index (χ3n) is 3.65. The fraction of sp³-hybridized carbons (Fsp3) is 0.429. The maximum atomic E-state index is 3.60. The first-order valence-electron chi connectivity index (χ1n) is 6.45. The molecule has 1 aliphatic rings. The molecular formula is C14H19N3S. The van der Waals surface area contributed by atoms with Gasteiger partial charge in [-0.3, -0.25) is 4.90 Å². The summed E-state index contributed by atoms with van der Waals surface area (Å²) in [6, 6.07) is 9.16. The first-order chi connectivity index (χ1) is 8.84. The Morgan fingerprint density at radius 3 is 3.22 bits per heavy atom. The van der Waals surface area contributed by atoms with E-state index in [1.807, 2.05) is 11.3 Å². The Morgan fingerprint density at radius 1 is 1.44 bits per heavy atom. The summed E-state index contributed by atoms with van der Waals surface area (Å²) in [5.41, 5.74) is 1.27. The van der Waals surface area contributed by atoms with Crippen molar-refractivity contribution in [3.63, 3.8) is 0 Å². The molecule has 1 saturated heterocycles. The SMILES string of the molecule is CN1CCNCC1CNc1csc2ccccc12. The van der Waals surface area contributed by atoms with Crippen molar-refractivity contribution < 1.29 is 0 Å². The number of nitrogens with one attached hydrogen (secondary N) is 2. The summed E-state index contributed by atoms with van der Waals surface area (Å²) in [6.45, 7) is 4.32. The lowest BCUT2D eigenvalue weighted by Crippen LogP contribution is -2.52. The fourth-order valence-corrected chi connectivity index (χ4v) is 3.35. The summed E-state index contributed by atoms with van der Waals surface area (Å²) >= 11 is 1.81. The van der Waals surface area contributed by atoms with Crippen LogP contribution in [0.4, 0.5) is 5.69 Å². The van der Waals surface area contributed by atoms with Crippen LogP contribution in [-0.4, -0.2) is 44.2 Å². The number of rotatable bonds is 3. The highest BCUT2D eigenvalue weighted by Crippen LogP contribution is 2.29. The van der Waals surface area contributed by atoms with Crippen molar-refractivity contribution in [2.75, 3.05) is 38.5 Å². The molecule has 2 N–H and O–H groups in total. The molecule has 1 aromatic carbocycles. The Balaban J connectivity index is 1.69. The van der Waals surface area contributed by atoms with Crippen molar-refractivity contribution in [1.29, 1.82) is 0 Å². The molecule has 18 heavy (non-hydrogen) atoms. The minimum atomic E-state index is 0.581. The third-order valence-corrected chi connectivity index (χ3v) is 4.62. The molecule has 2 heterocycles. The summed E-state index contributed by atoms with van der Waals surface area (Å²) in [5.74, 6) is 0. The van der Waals surface area contributed by atoms with Gasteiger partial charge in [0.2, 0.25) is 0 Å². The summed E-state index contributed by atoms with van der Waals surface area (Å²) in [4.78, 5) is 2.43. The second kappa shape index (κ2) is 5.26. The smallest absolute Gasteiger partial charge is 0.0529 e. The van der Waals surface area contributed by atoms with Gasteiger partial charge in [-0.2, -0.15) is 0 Å². The highest BCUT2D eigenvalue weighted by atomic mass is 32.1. The number of fused-ring (bicyclic) bond motifs is 1. The first-order valence-corrected chi connectivity index (χ1v) is 7.33. The summed E-state index contributed by atoms with van der Waals surface area (Å²) < 4.78 is 1.36. The van der Waals surface area contributed by atoms with Gasteiger partial charge in [0.25, 0.3) is 0 Å². The van der Waals surface area contributed by atoms with Crippen LogP contribution in [0.15, 0.2) is 29.6 Å². The van der Waals surface area contributed by atoms with Crippen molar-refractivity contribution in [3.8, 4) is 0 Å². The van der Waals surface area contributed by atoms with Gasteiger partial charge in [-0.05, 0) is 13.1 Å². The minimum Gasteiger partial charge on any atom is -0.382 e. The lowest BCUT2D eigenvalue weighted by Gasteiger charge is -2.33. The van der Waals surface area contributed by atoms with Crippen LogP contribution >= 0.6 is 11.3 Å². The highest BCUT2D eigenvalue weighted by Gasteiger charge is 2.18. The van der Waals surface area contributed by atoms with E-state index in [4.69, 9.17) is 0 Å². The second-order valence-electron chi connectivity index (χ2n) is 4.86. The van der Waals surface area contributed by atoms with Crippen molar-refractivity contribution in [2.24, 2.45) is 0 Å². The van der Waals surface area contributed by atoms with Crippen LogP contribution < -0.4 is 10.6 Å². The predicted octanol–water partition coefficient (Wildman–Crippen LogP) is 2.22. The van der Waals surface area contributed by atoms with E-state index < -0.39 is 0 Å². The van der Waals surface area contributed by atoms with E-state index in [1.165, 1.54) is 15.8 Å². The molecule has 3 rings (SSSR count). The van der Waals surface area contributed by atoms with E-state index in [9.17, 15) is 0 Å². The number of nitrogens with zero attached hydrogens (tertiary/aromatic N) is 1. The van der Waals surface area contributed by atoms with E-state index in [-0.39, 0.29) is 0 Å². The van der Waals surface area contributed by atoms with Gasteiger partial charge in [0, 0.05) is 47.7 Å². The van der Waals surface area contributed by atoms with Crippen molar-refractivity contribution in [1.82, 2.24) is 10.2 Å². The first kappa shape index (κ1) is 12.0. The zero-order valence-corrected chi connectivity index (χ0v) is 11.5. The van der Waals surface area contributed by atoms with Gasteiger partial charge in [-0.25, -0.2) is 0 Å². The van der Waals surface area contributed by atoms with Gasteiger partial charge in [-0.15, -0.1) is 11.3 Å². The molecule has 3 nitrogen and oxygen atoms in total. The lowest BCUT2D eigenvalue weighted by atomic mass is 10.2. The van der Waals surface area contributed by atoms with Gasteiger partial charge in [0.1, 0.15) is 0 Å². The number of thiophene rings is 1. The quantitative estimate of drug-likeness (QED) is 0.887. The maximum absolute atomic E-state index is 3.60. The van der Waals surface area contributed by atoms with Crippen molar-refractivity contribution in [2.45, 2.75) is 6.04 Å². The van der Waals surface area contributed by atoms with Gasteiger partial charge in [0.05, 0.1) is 5.69 Å². The largest absolute Gasteiger partial charge is 0.382 e. The number of benzene rings is 1. The molecule has 1 fully saturated rings. The predicted molar refractivity (Wildman–Crippen MR) is 79.6 cm³/mol. The summed E-state index contributed by atoms with van der Waals surface area (Å²) in [5, 5.41) is 10.6. The van der Waals surface area contributed by atoms with Crippen LogP contribution in [-0.2, 0) is 0 Å². The highest BCUT2D eigenvalue weighted by molar-refractivity contribution is 7.17. The molecule has 2 aromatic rings. The van der Waals surface area contributed by atoms with Crippen LogP contribution in [0.1, 0.15) is 0 Å². The van der Waals surface area contributed by atoms with Crippen LogP contribution in [0.25, 0.3) is 10.1 Å². The molecule has 0 amide bonds. The van der Waals surface area contributed by atoms with Crippen molar-refractivity contribution in [3.05, 3.63) is 29.6 Å². The normalized spacial score (nSPS) is 21.3. The molecule has 1 atom stereocenters. The van der Waals surface area contributed by atoms with E-state index >= 15 is 0 Å². The molecule has 4 heteroatoms. The Labute approximate surface area is 112 Å². The Morgan fingerprint density at radius 2 is 2.33 bits per heavy atom. The Bertz CT molecular complexity index is 522. The van der Waals surface area contributed by atoms with Crippen molar-refractivity contribution >= 4 is 27.1 Å². The average molecular weight is 261 g/mol. The van der Waals surface area contributed by atoms with Gasteiger partial charge in [-0.1, -0.05) is 18.2 Å². The lowest BCUT2D eigenvalue weighted by molar-refractivity contribution is 0.209. The molecular weight excluding hydrogens is 242 g/mol. The zero-order valence-electron chi connectivity index (χ0n) is 10.6. The summed E-state index contributed by atoms with van der Waals surface area (Å²) in [7, 11) is 2.21. The number of hydrogen-bond acceptors (Lipinski definition) is 4. The minimum absolute atomic E-state index is 0.581. The van der Waals surface area contributed by atoms with E-state index in [0.717, 1.165) is 26.2 Å². The molecule has 0 spiro atoms. The molecule has 0 saturated carbocycles. The molecule has 1 aromatic heterocycles. The van der Waals surface area contributed by atoms with E-state index in [2.05, 4.69) is 52.2 Å². The van der Waals surface area contributed by atoms with Crippen LogP contribution in [0.3, 0.4) is 0 Å². The molecule has 1 unspecified atom stereocenters. The molecule has 0 aliphatic carbocycles. The monoisotopic (exact) mass is 261 g/mol. The maximum Gasteiger partial charge on any atom is 0.0529 e. The number of likely N-dealkylation sites (N-methyl/N-ethyl adjacent to an activating group) is 1. The molecule has 0 radical (unpaired) electrons. The molecule has 0 bridgehead atoms. The standard InChI is InChI=1S/C14H19N3S/c1-17-7-6-15-8-11(17)9-16-13-10-18-14-5-3-2-4-12(13)14/h2-5,10-11,15-16H,6-9H2,1H3. The number of hydrogen-bond donors (Lipinski definition) is 2. The van der Waals surface area contributed by atoms with Gasteiger partial charge < -0.3 is 10.6 Å². The topological polar surface area (TPSA) is 27.3 Å². The van der Waals surface area contributed by atoms with Crippen LogP contribution in [0.5, 0.6) is 0 Å².